The van der Waals surface area contributed by atoms with Gasteiger partial charge in [-0.05, 0) is 25.1 Å². The molecule has 3 rings (SSSR count). The zero-order chi connectivity index (χ0) is 17.8. The lowest BCUT2D eigenvalue weighted by Crippen LogP contribution is -2.29. The number of hydrogen-bond acceptors (Lipinski definition) is 5. The van der Waals surface area contributed by atoms with Crippen molar-refractivity contribution in [1.29, 1.82) is 0 Å². The van der Waals surface area contributed by atoms with Crippen LogP contribution in [-0.2, 0) is 0 Å². The molecule has 7 heteroatoms. The Morgan fingerprint density at radius 3 is 2.80 bits per heavy atom. The minimum absolute atomic E-state index is 0.132. The third-order valence-corrected chi connectivity index (χ3v) is 4.10. The summed E-state index contributed by atoms with van der Waals surface area (Å²) < 4.78 is 6.98. The second kappa shape index (κ2) is 7.12. The first-order valence-corrected chi connectivity index (χ1v) is 7.83. The fraction of sp³-hybridized carbons (Fsp3) is 0.222. The lowest BCUT2D eigenvalue weighted by atomic mass is 10.2. The normalized spacial score (nSPS) is 11.8. The van der Waals surface area contributed by atoms with E-state index in [-0.39, 0.29) is 11.9 Å². The lowest BCUT2D eigenvalue weighted by Gasteiger charge is -2.23. The van der Waals surface area contributed by atoms with Crippen LogP contribution in [0.25, 0.3) is 5.69 Å². The van der Waals surface area contributed by atoms with Crippen molar-refractivity contribution in [2.45, 2.75) is 13.0 Å². The summed E-state index contributed by atoms with van der Waals surface area (Å²) in [4.78, 5) is 22.5. The summed E-state index contributed by atoms with van der Waals surface area (Å²) in [6.45, 7) is 1.92. The number of ether oxygens (including phenoxy) is 1. The van der Waals surface area contributed by atoms with Crippen molar-refractivity contribution >= 4 is 5.91 Å². The SMILES string of the molecule is COc1ccccc1-n1cc(C(=O)N(C)[C@@H](C)c2ccncn2)cn1. The number of hydrogen-bond donors (Lipinski definition) is 0. The molecule has 1 atom stereocenters. The molecule has 0 aliphatic rings. The van der Waals surface area contributed by atoms with Crippen molar-refractivity contribution in [3.05, 3.63) is 66.5 Å². The van der Waals surface area contributed by atoms with Crippen LogP contribution < -0.4 is 4.74 Å². The highest BCUT2D eigenvalue weighted by Crippen LogP contribution is 2.23. The van der Waals surface area contributed by atoms with Gasteiger partial charge in [-0.15, -0.1) is 0 Å². The number of para-hydroxylation sites is 2. The first kappa shape index (κ1) is 16.6. The van der Waals surface area contributed by atoms with Crippen LogP contribution >= 0.6 is 0 Å². The number of rotatable bonds is 5. The molecule has 3 aromatic rings. The van der Waals surface area contributed by atoms with Crippen molar-refractivity contribution in [1.82, 2.24) is 24.6 Å². The van der Waals surface area contributed by atoms with E-state index in [0.717, 1.165) is 11.4 Å². The summed E-state index contributed by atoms with van der Waals surface area (Å²) in [5.41, 5.74) is 2.05. The number of carbonyl (C=O) groups excluding carboxylic acids is 1. The van der Waals surface area contributed by atoms with Crippen LogP contribution in [-0.4, -0.2) is 44.7 Å². The van der Waals surface area contributed by atoms with E-state index in [2.05, 4.69) is 15.1 Å². The minimum atomic E-state index is -0.176. The molecule has 0 radical (unpaired) electrons. The van der Waals surface area contributed by atoms with Crippen LogP contribution in [0.4, 0.5) is 0 Å². The van der Waals surface area contributed by atoms with E-state index in [1.807, 2.05) is 31.2 Å². The molecular weight excluding hydrogens is 318 g/mol. The van der Waals surface area contributed by atoms with Crippen molar-refractivity contribution < 1.29 is 9.53 Å². The molecule has 25 heavy (non-hydrogen) atoms. The maximum Gasteiger partial charge on any atom is 0.257 e. The summed E-state index contributed by atoms with van der Waals surface area (Å²) in [5.74, 6) is 0.555. The number of aromatic nitrogens is 4. The van der Waals surface area contributed by atoms with E-state index in [1.54, 1.807) is 48.4 Å². The number of nitrogens with zero attached hydrogens (tertiary/aromatic N) is 5. The highest BCUT2D eigenvalue weighted by atomic mass is 16.5. The Labute approximate surface area is 145 Å². The summed E-state index contributed by atoms with van der Waals surface area (Å²) >= 11 is 0. The Balaban J connectivity index is 1.83. The number of carbonyl (C=O) groups is 1. The number of methoxy groups -OCH3 is 1. The molecule has 1 aromatic carbocycles. The third kappa shape index (κ3) is 3.35. The monoisotopic (exact) mass is 337 g/mol. The minimum Gasteiger partial charge on any atom is -0.494 e. The number of benzene rings is 1. The first-order chi connectivity index (χ1) is 12.1. The van der Waals surface area contributed by atoms with Gasteiger partial charge in [-0.2, -0.15) is 5.10 Å². The van der Waals surface area contributed by atoms with Gasteiger partial charge < -0.3 is 9.64 Å². The van der Waals surface area contributed by atoms with Crippen LogP contribution in [0.3, 0.4) is 0 Å². The molecule has 0 N–H and O–H groups in total. The molecule has 0 unspecified atom stereocenters. The average molecular weight is 337 g/mol. The predicted molar refractivity (Wildman–Crippen MR) is 92.7 cm³/mol. The van der Waals surface area contributed by atoms with Crippen LogP contribution in [0.5, 0.6) is 5.75 Å². The molecule has 0 saturated carbocycles. The Morgan fingerprint density at radius 1 is 1.28 bits per heavy atom. The van der Waals surface area contributed by atoms with Crippen molar-refractivity contribution in [3.63, 3.8) is 0 Å². The van der Waals surface area contributed by atoms with Gasteiger partial charge in [0, 0.05) is 19.4 Å². The van der Waals surface area contributed by atoms with Gasteiger partial charge in [-0.1, -0.05) is 12.1 Å². The maximum atomic E-state index is 12.8. The third-order valence-electron chi connectivity index (χ3n) is 4.10. The molecule has 0 aliphatic heterocycles. The van der Waals surface area contributed by atoms with Gasteiger partial charge in [0.2, 0.25) is 0 Å². The van der Waals surface area contributed by atoms with Crippen molar-refractivity contribution in [2.24, 2.45) is 0 Å². The second-order valence-corrected chi connectivity index (χ2v) is 5.57. The van der Waals surface area contributed by atoms with E-state index in [1.165, 1.54) is 6.33 Å². The van der Waals surface area contributed by atoms with E-state index in [0.29, 0.717) is 11.3 Å². The Hall–Kier alpha value is -3.22. The molecule has 1 amide bonds. The molecule has 0 fully saturated rings. The standard InChI is InChI=1S/C18H19N5O2/c1-13(15-8-9-19-12-20-15)22(2)18(24)14-10-21-23(11-14)16-6-4-5-7-17(16)25-3/h4-13H,1-3H3/t13-/m0/s1. The highest BCUT2D eigenvalue weighted by Gasteiger charge is 2.21. The molecule has 2 aromatic heterocycles. The summed E-state index contributed by atoms with van der Waals surface area (Å²) in [7, 11) is 3.35. The van der Waals surface area contributed by atoms with E-state index in [9.17, 15) is 4.79 Å². The molecule has 0 spiro atoms. The Bertz CT molecular complexity index is 863. The summed E-state index contributed by atoms with van der Waals surface area (Å²) in [6, 6.07) is 9.13. The van der Waals surface area contributed by atoms with E-state index < -0.39 is 0 Å². The van der Waals surface area contributed by atoms with Gasteiger partial charge in [0.05, 0.1) is 30.6 Å². The first-order valence-electron chi connectivity index (χ1n) is 7.83. The molecule has 0 bridgehead atoms. The second-order valence-electron chi connectivity index (χ2n) is 5.57. The van der Waals surface area contributed by atoms with Gasteiger partial charge in [0.1, 0.15) is 17.8 Å². The fourth-order valence-corrected chi connectivity index (χ4v) is 2.51. The van der Waals surface area contributed by atoms with Crippen LogP contribution in [0, 0.1) is 0 Å². The zero-order valence-electron chi connectivity index (χ0n) is 14.3. The van der Waals surface area contributed by atoms with Crippen molar-refractivity contribution in [3.8, 4) is 11.4 Å². The van der Waals surface area contributed by atoms with Crippen molar-refractivity contribution in [2.75, 3.05) is 14.2 Å². The van der Waals surface area contributed by atoms with Gasteiger partial charge in [-0.3, -0.25) is 4.79 Å². The molecule has 0 saturated heterocycles. The molecule has 128 valence electrons. The molecule has 2 heterocycles. The molecular formula is C18H19N5O2. The quantitative estimate of drug-likeness (QED) is 0.715. The lowest BCUT2D eigenvalue weighted by molar-refractivity contribution is 0.0739. The van der Waals surface area contributed by atoms with Crippen LogP contribution in [0.15, 0.2) is 55.2 Å². The maximum absolute atomic E-state index is 12.8. The van der Waals surface area contributed by atoms with E-state index >= 15 is 0 Å². The summed E-state index contributed by atoms with van der Waals surface area (Å²) in [6.07, 6.45) is 6.39. The smallest absolute Gasteiger partial charge is 0.257 e. The van der Waals surface area contributed by atoms with Gasteiger partial charge in [0.15, 0.2) is 0 Å². The van der Waals surface area contributed by atoms with Crippen LogP contribution in [0.1, 0.15) is 29.0 Å². The molecule has 0 aliphatic carbocycles. The zero-order valence-corrected chi connectivity index (χ0v) is 14.3. The molecule has 7 nitrogen and oxygen atoms in total. The largest absolute Gasteiger partial charge is 0.494 e. The highest BCUT2D eigenvalue weighted by molar-refractivity contribution is 5.93. The Morgan fingerprint density at radius 2 is 2.08 bits per heavy atom. The fourth-order valence-electron chi connectivity index (χ4n) is 2.51. The number of amides is 1. The van der Waals surface area contributed by atoms with Gasteiger partial charge in [-0.25, -0.2) is 14.6 Å². The summed E-state index contributed by atoms with van der Waals surface area (Å²) in [5, 5.41) is 4.29. The van der Waals surface area contributed by atoms with E-state index in [4.69, 9.17) is 4.74 Å². The average Bonchev–Trinajstić information content (AvgIpc) is 3.16. The van der Waals surface area contributed by atoms with Gasteiger partial charge in [0.25, 0.3) is 5.91 Å². The van der Waals surface area contributed by atoms with Crippen LogP contribution in [0.2, 0.25) is 0 Å². The topological polar surface area (TPSA) is 73.1 Å². The Kier molecular flexibility index (Phi) is 4.74. The predicted octanol–water partition coefficient (Wildman–Crippen LogP) is 2.50. The van der Waals surface area contributed by atoms with Gasteiger partial charge >= 0.3 is 0 Å².